The highest BCUT2D eigenvalue weighted by molar-refractivity contribution is 5.92. The Balaban J connectivity index is 3.09. The van der Waals surface area contributed by atoms with Gasteiger partial charge in [-0.3, -0.25) is 4.79 Å². The number of hydrogen-bond acceptors (Lipinski definition) is 3. The van der Waals surface area contributed by atoms with Crippen LogP contribution in [0.2, 0.25) is 0 Å². The summed E-state index contributed by atoms with van der Waals surface area (Å²) in [6.07, 6.45) is 7.04. The van der Waals surface area contributed by atoms with E-state index in [9.17, 15) is 9.90 Å². The third kappa shape index (κ3) is 2.79. The molecule has 2 N–H and O–H groups in total. The van der Waals surface area contributed by atoms with Crippen LogP contribution in [-0.2, 0) is 4.79 Å². The van der Waals surface area contributed by atoms with Crippen LogP contribution in [0.15, 0.2) is 35.5 Å². The summed E-state index contributed by atoms with van der Waals surface area (Å²) in [7, 11) is 0. The number of hydrogen-bond donors (Lipinski definition) is 2. The third-order valence-corrected chi connectivity index (χ3v) is 3.59. The lowest BCUT2D eigenvalue weighted by Crippen LogP contribution is -2.47. The summed E-state index contributed by atoms with van der Waals surface area (Å²) in [4.78, 5) is 11.5. The van der Waals surface area contributed by atoms with Gasteiger partial charge < -0.3 is 10.2 Å². The van der Waals surface area contributed by atoms with Crippen molar-refractivity contribution in [3.63, 3.8) is 0 Å². The number of ketones is 1. The monoisotopic (exact) mass is 250 g/mol. The van der Waals surface area contributed by atoms with Gasteiger partial charge in [0.05, 0.1) is 6.61 Å². The molecule has 0 aromatic rings. The molecule has 3 nitrogen and oxygen atoms in total. The van der Waals surface area contributed by atoms with Gasteiger partial charge in [-0.15, -0.1) is 0 Å². The zero-order valence-corrected chi connectivity index (χ0v) is 11.5. The second-order valence-corrected chi connectivity index (χ2v) is 5.65. The molecule has 1 atom stereocenters. The van der Waals surface area contributed by atoms with E-state index < -0.39 is 11.0 Å². The summed E-state index contributed by atoms with van der Waals surface area (Å²) in [5.41, 5.74) is -0.163. The van der Waals surface area contributed by atoms with Gasteiger partial charge in [0.2, 0.25) is 0 Å². The largest absolute Gasteiger partial charge is 0.392 e. The minimum absolute atomic E-state index is 0.000527. The minimum Gasteiger partial charge on any atom is -0.392 e. The lowest BCUT2D eigenvalue weighted by Gasteiger charge is -2.43. The predicted octanol–water partition coefficient (Wildman–Crippen LogP) is 2.16. The van der Waals surface area contributed by atoms with E-state index in [2.05, 4.69) is 0 Å². The smallest absolute Gasteiger partial charge is 0.156 e. The molecule has 1 aliphatic carbocycles. The molecule has 1 rings (SSSR count). The number of aliphatic hydroxyl groups is 2. The summed E-state index contributed by atoms with van der Waals surface area (Å²) in [6.45, 7) is 7.35. The normalized spacial score (nSPS) is 28.7. The maximum atomic E-state index is 11.5. The van der Waals surface area contributed by atoms with E-state index in [1.807, 2.05) is 20.8 Å². The van der Waals surface area contributed by atoms with Crippen molar-refractivity contribution in [2.24, 2.45) is 5.41 Å². The summed E-state index contributed by atoms with van der Waals surface area (Å²) in [6, 6.07) is 0. The van der Waals surface area contributed by atoms with Crippen LogP contribution in [0.4, 0.5) is 0 Å². The molecule has 1 unspecified atom stereocenters. The molecule has 0 heterocycles. The molecule has 0 aromatic heterocycles. The summed E-state index contributed by atoms with van der Waals surface area (Å²) >= 11 is 0. The van der Waals surface area contributed by atoms with Crippen molar-refractivity contribution in [1.29, 1.82) is 0 Å². The van der Waals surface area contributed by atoms with Crippen molar-refractivity contribution in [1.82, 2.24) is 0 Å². The van der Waals surface area contributed by atoms with Gasteiger partial charge >= 0.3 is 0 Å². The first-order valence-corrected chi connectivity index (χ1v) is 6.13. The van der Waals surface area contributed by atoms with E-state index in [0.717, 1.165) is 5.57 Å². The highest BCUT2D eigenvalue weighted by atomic mass is 16.3. The van der Waals surface area contributed by atoms with Crippen LogP contribution in [0.25, 0.3) is 0 Å². The molecule has 0 bridgehead atoms. The number of carbonyl (C=O) groups is 1. The lowest BCUT2D eigenvalue weighted by molar-refractivity contribution is -0.121. The van der Waals surface area contributed by atoms with E-state index in [0.29, 0.717) is 12.0 Å². The first-order chi connectivity index (χ1) is 8.23. The van der Waals surface area contributed by atoms with Crippen LogP contribution in [0, 0.1) is 5.41 Å². The van der Waals surface area contributed by atoms with Crippen molar-refractivity contribution in [2.45, 2.75) is 39.7 Å². The Bertz CT molecular complexity index is 427. The lowest BCUT2D eigenvalue weighted by atomic mass is 9.64. The van der Waals surface area contributed by atoms with E-state index >= 15 is 0 Å². The molecule has 0 saturated heterocycles. The van der Waals surface area contributed by atoms with E-state index in [4.69, 9.17) is 5.11 Å². The molecule has 1 aliphatic rings. The van der Waals surface area contributed by atoms with Crippen molar-refractivity contribution >= 4 is 5.78 Å². The van der Waals surface area contributed by atoms with Crippen LogP contribution in [0.3, 0.4) is 0 Å². The number of allylic oxidation sites excluding steroid dienone is 3. The number of rotatable bonds is 3. The van der Waals surface area contributed by atoms with E-state index in [1.54, 1.807) is 25.2 Å². The van der Waals surface area contributed by atoms with E-state index in [1.165, 1.54) is 6.08 Å². The molecule has 0 aromatic carbocycles. The molecule has 0 radical (unpaired) electrons. The Labute approximate surface area is 109 Å². The average molecular weight is 250 g/mol. The average Bonchev–Trinajstić information content (AvgIpc) is 2.25. The molecular weight excluding hydrogens is 228 g/mol. The van der Waals surface area contributed by atoms with Gasteiger partial charge in [-0.2, -0.15) is 0 Å². The zero-order valence-electron chi connectivity index (χ0n) is 11.5. The van der Waals surface area contributed by atoms with Crippen molar-refractivity contribution in [2.75, 3.05) is 6.61 Å². The van der Waals surface area contributed by atoms with Gasteiger partial charge in [-0.05, 0) is 37.1 Å². The maximum absolute atomic E-state index is 11.5. The third-order valence-electron chi connectivity index (χ3n) is 3.59. The first kappa shape index (κ1) is 14.9. The molecule has 3 heteroatoms. The fourth-order valence-electron chi connectivity index (χ4n) is 2.27. The quantitative estimate of drug-likeness (QED) is 0.755. The summed E-state index contributed by atoms with van der Waals surface area (Å²) in [5, 5.41) is 19.7. The van der Waals surface area contributed by atoms with Crippen LogP contribution in [0.5, 0.6) is 0 Å². The molecule has 0 aliphatic heterocycles. The first-order valence-electron chi connectivity index (χ1n) is 6.13. The Morgan fingerprint density at radius 2 is 2.11 bits per heavy atom. The zero-order chi connectivity index (χ0) is 14.0. The Morgan fingerprint density at radius 1 is 1.50 bits per heavy atom. The van der Waals surface area contributed by atoms with Crippen LogP contribution in [-0.4, -0.2) is 28.2 Å². The minimum atomic E-state index is -1.12. The number of carbonyl (C=O) groups excluding carboxylic acids is 1. The Kier molecular flexibility index (Phi) is 4.30. The molecule has 100 valence electrons. The van der Waals surface area contributed by atoms with Crippen molar-refractivity contribution < 1.29 is 15.0 Å². The van der Waals surface area contributed by atoms with Crippen molar-refractivity contribution in [3.8, 4) is 0 Å². The van der Waals surface area contributed by atoms with Crippen LogP contribution in [0.1, 0.15) is 34.1 Å². The van der Waals surface area contributed by atoms with Gasteiger partial charge in [0.1, 0.15) is 5.60 Å². The van der Waals surface area contributed by atoms with Crippen molar-refractivity contribution in [3.05, 3.63) is 35.5 Å². The fraction of sp³-hybridized carbons (Fsp3) is 0.533. The van der Waals surface area contributed by atoms with Gasteiger partial charge in [0.25, 0.3) is 0 Å². The molecule has 0 saturated carbocycles. The fourth-order valence-corrected chi connectivity index (χ4v) is 2.27. The molecule has 0 amide bonds. The molecule has 0 fully saturated rings. The molecule has 0 spiro atoms. The SMILES string of the molecule is CC1=CC(=O)CC(C)(C)C1(O)/C=C/C=C(\C)CO. The Morgan fingerprint density at radius 3 is 2.61 bits per heavy atom. The second-order valence-electron chi connectivity index (χ2n) is 5.65. The van der Waals surface area contributed by atoms with E-state index in [-0.39, 0.29) is 12.4 Å². The van der Waals surface area contributed by atoms with Gasteiger partial charge in [0.15, 0.2) is 5.78 Å². The van der Waals surface area contributed by atoms with Gasteiger partial charge in [-0.25, -0.2) is 0 Å². The van der Waals surface area contributed by atoms with Crippen LogP contribution >= 0.6 is 0 Å². The standard InChI is InChI=1S/C15H22O3/c1-11(10-16)6-5-7-15(18)12(2)8-13(17)9-14(15,3)4/h5-8,16,18H,9-10H2,1-4H3/b7-5+,11-6+. The number of aliphatic hydroxyl groups excluding tert-OH is 1. The Hall–Kier alpha value is -1.19. The highest BCUT2D eigenvalue weighted by Gasteiger charge is 2.46. The molecule has 18 heavy (non-hydrogen) atoms. The summed E-state index contributed by atoms with van der Waals surface area (Å²) < 4.78 is 0. The summed E-state index contributed by atoms with van der Waals surface area (Å²) in [5.74, 6) is 0.0534. The van der Waals surface area contributed by atoms with Crippen LogP contribution < -0.4 is 0 Å². The maximum Gasteiger partial charge on any atom is 0.156 e. The molecular formula is C15H22O3. The second kappa shape index (κ2) is 5.21. The predicted molar refractivity (Wildman–Crippen MR) is 72.1 cm³/mol. The van der Waals surface area contributed by atoms with Gasteiger partial charge in [-0.1, -0.05) is 26.0 Å². The topological polar surface area (TPSA) is 57.5 Å². The van der Waals surface area contributed by atoms with Gasteiger partial charge in [0, 0.05) is 11.8 Å². The highest BCUT2D eigenvalue weighted by Crippen LogP contribution is 2.44.